The molecule has 0 unspecified atom stereocenters. The Kier molecular flexibility index (Phi) is 3.53. The summed E-state index contributed by atoms with van der Waals surface area (Å²) in [4.78, 5) is 0. The first kappa shape index (κ1) is 12.9. The van der Waals surface area contributed by atoms with Crippen LogP contribution in [0.2, 0.25) is 5.02 Å². The molecule has 20 heavy (non-hydrogen) atoms. The standard InChI is InChI=1S/C18H12ClF/c19-17-11-10-14(12-18(17)20)16-9-5-4-8-15(16)13-6-2-1-3-7-13/h1-12H. The fourth-order valence-electron chi connectivity index (χ4n) is 2.27. The molecule has 0 N–H and O–H groups in total. The van der Waals surface area contributed by atoms with Crippen LogP contribution in [0.5, 0.6) is 0 Å². The third-order valence-electron chi connectivity index (χ3n) is 3.24. The van der Waals surface area contributed by atoms with Crippen molar-refractivity contribution >= 4 is 11.6 Å². The summed E-state index contributed by atoms with van der Waals surface area (Å²) in [5.74, 6) is -0.396. The second-order valence-electron chi connectivity index (χ2n) is 4.54. The van der Waals surface area contributed by atoms with E-state index in [9.17, 15) is 4.39 Å². The van der Waals surface area contributed by atoms with E-state index in [-0.39, 0.29) is 5.02 Å². The van der Waals surface area contributed by atoms with Gasteiger partial charge in [-0.1, -0.05) is 72.3 Å². The minimum Gasteiger partial charge on any atom is -0.205 e. The molecule has 0 fully saturated rings. The quantitative estimate of drug-likeness (QED) is 0.556. The molecular formula is C18H12ClF. The Morgan fingerprint density at radius 3 is 1.90 bits per heavy atom. The molecule has 0 aliphatic rings. The topological polar surface area (TPSA) is 0 Å². The van der Waals surface area contributed by atoms with Crippen molar-refractivity contribution in [3.8, 4) is 22.3 Å². The van der Waals surface area contributed by atoms with Crippen LogP contribution in [0.25, 0.3) is 22.3 Å². The summed E-state index contributed by atoms with van der Waals surface area (Å²) in [7, 11) is 0. The van der Waals surface area contributed by atoms with Gasteiger partial charge in [-0.3, -0.25) is 0 Å². The van der Waals surface area contributed by atoms with Crippen LogP contribution in [0.1, 0.15) is 0 Å². The molecule has 0 nitrogen and oxygen atoms in total. The minimum atomic E-state index is -0.396. The van der Waals surface area contributed by atoms with Crippen molar-refractivity contribution in [2.24, 2.45) is 0 Å². The second-order valence-corrected chi connectivity index (χ2v) is 4.95. The smallest absolute Gasteiger partial charge is 0.142 e. The molecule has 0 saturated heterocycles. The van der Waals surface area contributed by atoms with E-state index < -0.39 is 5.82 Å². The first-order valence-corrected chi connectivity index (χ1v) is 6.73. The molecule has 0 aliphatic carbocycles. The number of benzene rings is 3. The molecule has 0 spiro atoms. The summed E-state index contributed by atoms with van der Waals surface area (Å²) < 4.78 is 13.7. The molecule has 0 aliphatic heterocycles. The van der Waals surface area contributed by atoms with Gasteiger partial charge in [-0.2, -0.15) is 0 Å². The van der Waals surface area contributed by atoms with E-state index in [1.54, 1.807) is 6.07 Å². The Morgan fingerprint density at radius 1 is 0.650 bits per heavy atom. The van der Waals surface area contributed by atoms with Gasteiger partial charge in [0.1, 0.15) is 5.82 Å². The SMILES string of the molecule is Fc1cc(-c2ccccc2-c2ccccc2)ccc1Cl. The van der Waals surface area contributed by atoms with Crippen LogP contribution < -0.4 is 0 Å². The maximum atomic E-state index is 13.7. The van der Waals surface area contributed by atoms with Gasteiger partial charge in [0.15, 0.2) is 0 Å². The fraction of sp³-hybridized carbons (Fsp3) is 0. The van der Waals surface area contributed by atoms with Crippen LogP contribution >= 0.6 is 11.6 Å². The maximum absolute atomic E-state index is 13.7. The summed E-state index contributed by atoms with van der Waals surface area (Å²) in [5.41, 5.74) is 4.01. The van der Waals surface area contributed by atoms with Gasteiger partial charge in [-0.25, -0.2) is 4.39 Å². The molecule has 0 amide bonds. The lowest BCUT2D eigenvalue weighted by atomic mass is 9.95. The maximum Gasteiger partial charge on any atom is 0.142 e. The van der Waals surface area contributed by atoms with Crippen molar-refractivity contribution < 1.29 is 4.39 Å². The first-order chi connectivity index (χ1) is 9.75. The van der Waals surface area contributed by atoms with Crippen molar-refractivity contribution in [3.05, 3.63) is 83.6 Å². The third-order valence-corrected chi connectivity index (χ3v) is 3.55. The molecule has 0 saturated carbocycles. The molecule has 0 atom stereocenters. The third kappa shape index (κ3) is 2.45. The van der Waals surface area contributed by atoms with Gasteiger partial charge < -0.3 is 0 Å². The number of hydrogen-bond acceptors (Lipinski definition) is 0. The Hall–Kier alpha value is -2.12. The van der Waals surface area contributed by atoms with Crippen molar-refractivity contribution in [2.75, 3.05) is 0 Å². The van der Waals surface area contributed by atoms with E-state index in [4.69, 9.17) is 11.6 Å². The summed E-state index contributed by atoms with van der Waals surface area (Å²) in [5, 5.41) is 0.144. The Balaban J connectivity index is 2.17. The van der Waals surface area contributed by atoms with Crippen molar-refractivity contribution in [3.63, 3.8) is 0 Å². The Labute approximate surface area is 122 Å². The van der Waals surface area contributed by atoms with Crippen LogP contribution in [0.4, 0.5) is 4.39 Å². The molecule has 3 aromatic rings. The van der Waals surface area contributed by atoms with Gasteiger partial charge in [-0.05, 0) is 34.4 Å². The van der Waals surface area contributed by atoms with Crippen molar-refractivity contribution in [2.45, 2.75) is 0 Å². The van der Waals surface area contributed by atoms with E-state index in [0.29, 0.717) is 0 Å². The Morgan fingerprint density at radius 2 is 1.25 bits per heavy atom. The fourth-order valence-corrected chi connectivity index (χ4v) is 2.39. The lowest BCUT2D eigenvalue weighted by Crippen LogP contribution is -1.86. The molecule has 98 valence electrons. The molecule has 2 heteroatoms. The van der Waals surface area contributed by atoms with E-state index in [1.807, 2.05) is 60.7 Å². The van der Waals surface area contributed by atoms with Gasteiger partial charge in [-0.15, -0.1) is 0 Å². The molecule has 0 radical (unpaired) electrons. The highest BCUT2D eigenvalue weighted by atomic mass is 35.5. The second kappa shape index (κ2) is 5.48. The molecular weight excluding hydrogens is 271 g/mol. The molecule has 3 aromatic carbocycles. The van der Waals surface area contributed by atoms with Crippen LogP contribution in [-0.4, -0.2) is 0 Å². The number of halogens is 2. The van der Waals surface area contributed by atoms with Crippen LogP contribution in [0, 0.1) is 5.82 Å². The van der Waals surface area contributed by atoms with E-state index in [0.717, 1.165) is 22.3 Å². The predicted molar refractivity (Wildman–Crippen MR) is 82.3 cm³/mol. The van der Waals surface area contributed by atoms with Gasteiger partial charge in [0.2, 0.25) is 0 Å². The summed E-state index contributed by atoms with van der Waals surface area (Å²) in [6, 6.07) is 22.9. The van der Waals surface area contributed by atoms with Crippen LogP contribution in [0.3, 0.4) is 0 Å². The zero-order valence-corrected chi connectivity index (χ0v) is 11.4. The summed E-state index contributed by atoms with van der Waals surface area (Å²) in [6.07, 6.45) is 0. The van der Waals surface area contributed by atoms with E-state index >= 15 is 0 Å². The van der Waals surface area contributed by atoms with Gasteiger partial charge in [0, 0.05) is 0 Å². The number of rotatable bonds is 2. The molecule has 0 bridgehead atoms. The van der Waals surface area contributed by atoms with Crippen molar-refractivity contribution in [1.82, 2.24) is 0 Å². The Bertz CT molecular complexity index is 735. The highest BCUT2D eigenvalue weighted by Crippen LogP contribution is 2.33. The van der Waals surface area contributed by atoms with Crippen molar-refractivity contribution in [1.29, 1.82) is 0 Å². The zero-order chi connectivity index (χ0) is 13.9. The number of hydrogen-bond donors (Lipinski definition) is 0. The average Bonchev–Trinajstić information content (AvgIpc) is 2.51. The first-order valence-electron chi connectivity index (χ1n) is 6.35. The van der Waals surface area contributed by atoms with Gasteiger partial charge in [0.25, 0.3) is 0 Å². The van der Waals surface area contributed by atoms with Crippen LogP contribution in [0.15, 0.2) is 72.8 Å². The molecule has 0 heterocycles. The monoisotopic (exact) mass is 282 g/mol. The summed E-state index contributed by atoms with van der Waals surface area (Å²) >= 11 is 5.75. The van der Waals surface area contributed by atoms with Crippen LogP contribution in [-0.2, 0) is 0 Å². The molecule has 3 rings (SSSR count). The lowest BCUT2D eigenvalue weighted by Gasteiger charge is -2.10. The van der Waals surface area contributed by atoms with Gasteiger partial charge in [0.05, 0.1) is 5.02 Å². The largest absolute Gasteiger partial charge is 0.205 e. The van der Waals surface area contributed by atoms with Gasteiger partial charge >= 0.3 is 0 Å². The normalized spacial score (nSPS) is 10.5. The highest BCUT2D eigenvalue weighted by molar-refractivity contribution is 6.30. The minimum absolute atomic E-state index is 0.144. The predicted octanol–water partition coefficient (Wildman–Crippen LogP) is 5.81. The molecule has 0 aromatic heterocycles. The highest BCUT2D eigenvalue weighted by Gasteiger charge is 2.08. The zero-order valence-electron chi connectivity index (χ0n) is 10.7. The lowest BCUT2D eigenvalue weighted by molar-refractivity contribution is 0.629. The average molecular weight is 283 g/mol. The van der Waals surface area contributed by atoms with E-state index in [1.165, 1.54) is 6.07 Å². The summed E-state index contributed by atoms with van der Waals surface area (Å²) in [6.45, 7) is 0. The van der Waals surface area contributed by atoms with E-state index in [2.05, 4.69) is 0 Å².